The SMILES string of the molecule is CCCSc1nnc(NC(=O)C(C)Oc2cccc(C)c2C)s1. The predicted octanol–water partition coefficient (Wildman–Crippen LogP) is 4.06. The van der Waals surface area contributed by atoms with Gasteiger partial charge in [-0.2, -0.15) is 0 Å². The zero-order chi connectivity index (χ0) is 16.8. The summed E-state index contributed by atoms with van der Waals surface area (Å²) in [5.41, 5.74) is 2.18. The summed E-state index contributed by atoms with van der Waals surface area (Å²) >= 11 is 3.03. The summed E-state index contributed by atoms with van der Waals surface area (Å²) in [6.45, 7) is 7.84. The van der Waals surface area contributed by atoms with Gasteiger partial charge in [-0.15, -0.1) is 10.2 Å². The quantitative estimate of drug-likeness (QED) is 0.602. The summed E-state index contributed by atoms with van der Waals surface area (Å²) in [6.07, 6.45) is 0.471. The molecule has 0 aliphatic heterocycles. The number of rotatable bonds is 7. The van der Waals surface area contributed by atoms with Gasteiger partial charge in [0.05, 0.1) is 0 Å². The van der Waals surface area contributed by atoms with Crippen molar-refractivity contribution >= 4 is 34.1 Å². The van der Waals surface area contributed by atoms with Crippen LogP contribution in [-0.4, -0.2) is 28.0 Å². The molecule has 1 unspecified atom stereocenters. The highest BCUT2D eigenvalue weighted by Crippen LogP contribution is 2.26. The Morgan fingerprint density at radius 3 is 2.91 bits per heavy atom. The van der Waals surface area contributed by atoms with E-state index < -0.39 is 6.10 Å². The molecule has 1 heterocycles. The van der Waals surface area contributed by atoms with Gasteiger partial charge >= 0.3 is 0 Å². The molecule has 0 saturated carbocycles. The average Bonchev–Trinajstić information content (AvgIpc) is 2.97. The maximum Gasteiger partial charge on any atom is 0.266 e. The van der Waals surface area contributed by atoms with Crippen molar-refractivity contribution < 1.29 is 9.53 Å². The largest absolute Gasteiger partial charge is 0.481 e. The van der Waals surface area contributed by atoms with Crippen molar-refractivity contribution in [2.75, 3.05) is 11.1 Å². The molecule has 7 heteroatoms. The van der Waals surface area contributed by atoms with Crippen LogP contribution in [0.15, 0.2) is 22.5 Å². The lowest BCUT2D eigenvalue weighted by molar-refractivity contribution is -0.122. The number of hydrogen-bond acceptors (Lipinski definition) is 6. The maximum atomic E-state index is 12.2. The topological polar surface area (TPSA) is 64.1 Å². The van der Waals surface area contributed by atoms with Crippen LogP contribution < -0.4 is 10.1 Å². The van der Waals surface area contributed by atoms with Gasteiger partial charge in [0.2, 0.25) is 5.13 Å². The minimum absolute atomic E-state index is 0.228. The van der Waals surface area contributed by atoms with Crippen LogP contribution >= 0.6 is 23.1 Å². The fourth-order valence-corrected chi connectivity index (χ4v) is 3.49. The van der Waals surface area contributed by atoms with Crippen molar-refractivity contribution in [2.45, 2.75) is 44.6 Å². The fraction of sp³-hybridized carbons (Fsp3) is 0.438. The molecule has 0 bridgehead atoms. The molecule has 0 aliphatic carbocycles. The third-order valence-corrected chi connectivity index (χ3v) is 5.47. The predicted molar refractivity (Wildman–Crippen MR) is 95.6 cm³/mol. The summed E-state index contributed by atoms with van der Waals surface area (Å²) in [4.78, 5) is 12.2. The van der Waals surface area contributed by atoms with E-state index in [1.54, 1.807) is 18.7 Å². The van der Waals surface area contributed by atoms with E-state index in [1.165, 1.54) is 11.3 Å². The van der Waals surface area contributed by atoms with Crippen molar-refractivity contribution in [1.82, 2.24) is 10.2 Å². The zero-order valence-electron chi connectivity index (χ0n) is 13.8. The molecule has 2 rings (SSSR count). The summed E-state index contributed by atoms with van der Waals surface area (Å²) in [5, 5.41) is 11.3. The molecule has 1 amide bonds. The van der Waals surface area contributed by atoms with Crippen LogP contribution in [0.5, 0.6) is 5.75 Å². The molecule has 0 aliphatic rings. The lowest BCUT2D eigenvalue weighted by Crippen LogP contribution is -2.30. The van der Waals surface area contributed by atoms with Gasteiger partial charge in [0.1, 0.15) is 5.75 Å². The van der Waals surface area contributed by atoms with E-state index in [0.717, 1.165) is 33.4 Å². The number of carbonyl (C=O) groups excluding carboxylic acids is 1. The number of nitrogens with zero attached hydrogens (tertiary/aromatic N) is 2. The standard InChI is InChI=1S/C16H21N3O2S2/c1-5-9-22-16-19-18-15(23-16)17-14(20)12(4)21-13-8-6-7-10(2)11(13)3/h6-8,12H,5,9H2,1-4H3,(H,17,18,20). The molecule has 1 aromatic heterocycles. The van der Waals surface area contributed by atoms with E-state index in [-0.39, 0.29) is 5.91 Å². The molecule has 0 fully saturated rings. The monoisotopic (exact) mass is 351 g/mol. The van der Waals surface area contributed by atoms with Crippen LogP contribution in [0.25, 0.3) is 0 Å². The number of aromatic nitrogens is 2. The second-order valence-corrected chi connectivity index (χ2v) is 7.49. The van der Waals surface area contributed by atoms with Crippen molar-refractivity contribution in [3.63, 3.8) is 0 Å². The Labute approximate surface area is 144 Å². The minimum atomic E-state index is -0.605. The van der Waals surface area contributed by atoms with Gasteiger partial charge in [0, 0.05) is 5.75 Å². The molecule has 1 N–H and O–H groups in total. The molecule has 124 valence electrons. The van der Waals surface area contributed by atoms with Gasteiger partial charge < -0.3 is 4.74 Å². The Bertz CT molecular complexity index is 673. The summed E-state index contributed by atoms with van der Waals surface area (Å²) in [5.74, 6) is 1.49. The van der Waals surface area contributed by atoms with Crippen LogP contribution in [0.4, 0.5) is 5.13 Å². The van der Waals surface area contributed by atoms with E-state index in [1.807, 2.05) is 32.0 Å². The van der Waals surface area contributed by atoms with Crippen LogP contribution in [0.3, 0.4) is 0 Å². The summed E-state index contributed by atoms with van der Waals surface area (Å²) in [6, 6.07) is 5.81. The van der Waals surface area contributed by atoms with Crippen LogP contribution in [0.2, 0.25) is 0 Å². The molecule has 1 aromatic carbocycles. The summed E-state index contributed by atoms with van der Waals surface area (Å²) < 4.78 is 6.64. The number of thioether (sulfide) groups is 1. The van der Waals surface area contributed by atoms with E-state index in [9.17, 15) is 4.79 Å². The van der Waals surface area contributed by atoms with Crippen molar-refractivity contribution in [3.8, 4) is 5.75 Å². The van der Waals surface area contributed by atoms with Crippen molar-refractivity contribution in [3.05, 3.63) is 29.3 Å². The van der Waals surface area contributed by atoms with Gasteiger partial charge in [0.15, 0.2) is 10.4 Å². The molecule has 0 saturated heterocycles. The molecule has 2 aromatic rings. The minimum Gasteiger partial charge on any atom is -0.481 e. The van der Waals surface area contributed by atoms with Crippen molar-refractivity contribution in [1.29, 1.82) is 0 Å². The second-order valence-electron chi connectivity index (χ2n) is 5.17. The Morgan fingerprint density at radius 1 is 1.39 bits per heavy atom. The molecule has 23 heavy (non-hydrogen) atoms. The van der Waals surface area contributed by atoms with Gasteiger partial charge in [-0.25, -0.2) is 0 Å². The average molecular weight is 351 g/mol. The first-order valence-electron chi connectivity index (χ1n) is 7.51. The zero-order valence-corrected chi connectivity index (χ0v) is 15.4. The smallest absolute Gasteiger partial charge is 0.266 e. The summed E-state index contributed by atoms with van der Waals surface area (Å²) in [7, 11) is 0. The van der Waals surface area contributed by atoms with Crippen molar-refractivity contribution in [2.24, 2.45) is 0 Å². The number of nitrogens with one attached hydrogen (secondary N) is 1. The van der Waals surface area contributed by atoms with Crippen LogP contribution in [0.1, 0.15) is 31.4 Å². The Balaban J connectivity index is 1.94. The lowest BCUT2D eigenvalue weighted by Gasteiger charge is -2.16. The normalized spacial score (nSPS) is 12.0. The Morgan fingerprint density at radius 2 is 2.17 bits per heavy atom. The first-order chi connectivity index (χ1) is 11.0. The number of carbonyl (C=O) groups is 1. The number of anilines is 1. The first kappa shape index (κ1) is 17.7. The molecular weight excluding hydrogens is 330 g/mol. The maximum absolute atomic E-state index is 12.2. The fourth-order valence-electron chi connectivity index (χ4n) is 1.81. The highest BCUT2D eigenvalue weighted by molar-refractivity contribution is 8.01. The third-order valence-electron chi connectivity index (χ3n) is 3.29. The van der Waals surface area contributed by atoms with Gasteiger partial charge in [-0.1, -0.05) is 42.2 Å². The van der Waals surface area contributed by atoms with Gasteiger partial charge in [-0.3, -0.25) is 10.1 Å². The molecular formula is C16H21N3O2S2. The molecule has 5 nitrogen and oxygen atoms in total. The number of benzene rings is 1. The van der Waals surface area contributed by atoms with Crippen LogP contribution in [0, 0.1) is 13.8 Å². The molecule has 1 atom stereocenters. The number of hydrogen-bond donors (Lipinski definition) is 1. The molecule has 0 spiro atoms. The van der Waals surface area contributed by atoms with Crippen LogP contribution in [-0.2, 0) is 4.79 Å². The van der Waals surface area contributed by atoms with E-state index >= 15 is 0 Å². The molecule has 0 radical (unpaired) electrons. The highest BCUT2D eigenvalue weighted by atomic mass is 32.2. The Kier molecular flexibility index (Phi) is 6.41. The van der Waals surface area contributed by atoms with E-state index in [4.69, 9.17) is 4.74 Å². The van der Waals surface area contributed by atoms with E-state index in [2.05, 4.69) is 22.4 Å². The Hall–Kier alpha value is -1.60. The number of ether oxygens (including phenoxy) is 1. The number of amides is 1. The third kappa shape index (κ3) is 4.94. The number of aryl methyl sites for hydroxylation is 1. The van der Waals surface area contributed by atoms with Gasteiger partial charge in [0.25, 0.3) is 5.91 Å². The highest BCUT2D eigenvalue weighted by Gasteiger charge is 2.18. The van der Waals surface area contributed by atoms with Gasteiger partial charge in [-0.05, 0) is 44.4 Å². The van der Waals surface area contributed by atoms with E-state index in [0.29, 0.717) is 5.13 Å². The first-order valence-corrected chi connectivity index (χ1v) is 9.31. The second kappa shape index (κ2) is 8.31. The lowest BCUT2D eigenvalue weighted by atomic mass is 10.1.